The van der Waals surface area contributed by atoms with E-state index in [9.17, 15) is 24.3 Å². The van der Waals surface area contributed by atoms with Gasteiger partial charge in [-0.3, -0.25) is 19.2 Å². The molecule has 0 radical (unpaired) electrons. The van der Waals surface area contributed by atoms with Gasteiger partial charge in [-0.15, -0.1) is 0 Å². The van der Waals surface area contributed by atoms with Gasteiger partial charge in [-0.2, -0.15) is 5.10 Å². The molecule has 2 aliphatic rings. The lowest BCUT2D eigenvalue weighted by molar-refractivity contribution is -0.141. The Bertz CT molecular complexity index is 864. The summed E-state index contributed by atoms with van der Waals surface area (Å²) in [5, 5.41) is 16.5. The van der Waals surface area contributed by atoms with E-state index < -0.39 is 24.1 Å². The SMILES string of the molecule is C[C@@H](O)[C@H](NC(=O)CN(C)C(=O)C1CCCN1C(=O)c1ncnn1C)C(=O)N1CCCC1. The second kappa shape index (κ2) is 10.1. The molecule has 1 aromatic rings. The highest BCUT2D eigenvalue weighted by atomic mass is 16.3. The molecule has 3 heterocycles. The van der Waals surface area contributed by atoms with E-state index in [-0.39, 0.29) is 30.1 Å². The van der Waals surface area contributed by atoms with Crippen molar-refractivity contribution < 1.29 is 24.3 Å². The largest absolute Gasteiger partial charge is 0.391 e. The van der Waals surface area contributed by atoms with Crippen molar-refractivity contribution in [3.05, 3.63) is 12.2 Å². The molecule has 2 aliphatic heterocycles. The lowest BCUT2D eigenvalue weighted by Crippen LogP contribution is -2.55. The lowest BCUT2D eigenvalue weighted by Gasteiger charge is -2.29. The number of aryl methyl sites for hydroxylation is 1. The number of likely N-dealkylation sites (N-methyl/N-ethyl adjacent to an activating group) is 1. The van der Waals surface area contributed by atoms with Crippen molar-refractivity contribution in [1.82, 2.24) is 34.8 Å². The molecule has 0 spiro atoms. The number of likely N-dealkylation sites (tertiary alicyclic amines) is 2. The molecule has 0 aliphatic carbocycles. The van der Waals surface area contributed by atoms with Gasteiger partial charge < -0.3 is 25.1 Å². The van der Waals surface area contributed by atoms with Crippen LogP contribution in [0.2, 0.25) is 0 Å². The first-order valence-corrected chi connectivity index (χ1v) is 10.9. The third kappa shape index (κ3) is 5.06. The van der Waals surface area contributed by atoms with Gasteiger partial charge in [-0.1, -0.05) is 0 Å². The van der Waals surface area contributed by atoms with E-state index in [0.29, 0.717) is 32.5 Å². The Morgan fingerprint density at radius 3 is 2.50 bits per heavy atom. The van der Waals surface area contributed by atoms with Crippen LogP contribution >= 0.6 is 0 Å². The molecule has 12 nitrogen and oxygen atoms in total. The highest BCUT2D eigenvalue weighted by molar-refractivity contribution is 5.96. The zero-order valence-corrected chi connectivity index (χ0v) is 18.7. The first-order valence-electron chi connectivity index (χ1n) is 10.9. The first kappa shape index (κ1) is 23.6. The molecule has 4 amide bonds. The standard InChI is InChI=1S/C20H31N7O5/c1-13(28)16(19(31)26-8-4-5-9-26)23-15(29)11-24(2)18(30)14-7-6-10-27(14)20(32)17-21-12-22-25(17)3/h12-14,16,28H,4-11H2,1-3H3,(H,23,29)/t13-,14?,16+/m1/s1. The molecular formula is C20H31N7O5. The summed E-state index contributed by atoms with van der Waals surface area (Å²) in [5.74, 6) is -1.48. The minimum atomic E-state index is -1.07. The Kier molecular flexibility index (Phi) is 7.44. The maximum Gasteiger partial charge on any atom is 0.292 e. The zero-order chi connectivity index (χ0) is 23.4. The fraction of sp³-hybridized carbons (Fsp3) is 0.700. The Balaban J connectivity index is 1.60. The molecule has 176 valence electrons. The summed E-state index contributed by atoms with van der Waals surface area (Å²) in [6.07, 6.45) is 3.15. The van der Waals surface area contributed by atoms with Gasteiger partial charge in [0.1, 0.15) is 18.4 Å². The Labute approximate surface area is 186 Å². The minimum Gasteiger partial charge on any atom is -0.391 e. The van der Waals surface area contributed by atoms with E-state index in [1.54, 1.807) is 11.9 Å². The van der Waals surface area contributed by atoms with Crippen molar-refractivity contribution >= 4 is 23.6 Å². The van der Waals surface area contributed by atoms with Crippen molar-refractivity contribution in [2.45, 2.75) is 50.8 Å². The third-order valence-electron chi connectivity index (χ3n) is 5.94. The quantitative estimate of drug-likeness (QED) is 0.509. The van der Waals surface area contributed by atoms with Crippen LogP contribution in [0, 0.1) is 0 Å². The normalized spacial score (nSPS) is 20.2. The summed E-state index contributed by atoms with van der Waals surface area (Å²) in [5.41, 5.74) is 0. The van der Waals surface area contributed by atoms with E-state index in [1.807, 2.05) is 0 Å². The Morgan fingerprint density at radius 2 is 1.91 bits per heavy atom. The van der Waals surface area contributed by atoms with Crippen LogP contribution in [0.3, 0.4) is 0 Å². The number of aliphatic hydroxyl groups excluding tert-OH is 1. The molecule has 0 aromatic carbocycles. The van der Waals surface area contributed by atoms with Gasteiger partial charge in [-0.05, 0) is 32.6 Å². The highest BCUT2D eigenvalue weighted by Crippen LogP contribution is 2.21. The molecule has 1 unspecified atom stereocenters. The van der Waals surface area contributed by atoms with Crippen LogP contribution in [0.4, 0.5) is 0 Å². The summed E-state index contributed by atoms with van der Waals surface area (Å²) >= 11 is 0. The molecule has 2 saturated heterocycles. The summed E-state index contributed by atoms with van der Waals surface area (Å²) in [6.45, 7) is 2.78. The van der Waals surface area contributed by atoms with Gasteiger partial charge in [-0.25, -0.2) is 9.67 Å². The van der Waals surface area contributed by atoms with E-state index in [1.165, 1.54) is 34.8 Å². The molecule has 32 heavy (non-hydrogen) atoms. The maximum atomic E-state index is 13.0. The summed E-state index contributed by atoms with van der Waals surface area (Å²) < 4.78 is 1.35. The van der Waals surface area contributed by atoms with Crippen LogP contribution in [-0.2, 0) is 21.4 Å². The highest BCUT2D eigenvalue weighted by Gasteiger charge is 2.38. The summed E-state index contributed by atoms with van der Waals surface area (Å²) in [6, 6.07) is -1.76. The first-order chi connectivity index (χ1) is 15.2. The smallest absolute Gasteiger partial charge is 0.292 e. The van der Waals surface area contributed by atoms with E-state index in [0.717, 1.165) is 12.8 Å². The van der Waals surface area contributed by atoms with Crippen LogP contribution in [0.5, 0.6) is 0 Å². The predicted molar refractivity (Wildman–Crippen MR) is 112 cm³/mol. The third-order valence-corrected chi connectivity index (χ3v) is 5.94. The number of amides is 4. The number of hydrogen-bond acceptors (Lipinski definition) is 7. The second-order valence-electron chi connectivity index (χ2n) is 8.38. The average Bonchev–Trinajstić information content (AvgIpc) is 3.51. The maximum absolute atomic E-state index is 13.0. The molecule has 2 fully saturated rings. The summed E-state index contributed by atoms with van der Waals surface area (Å²) in [4.78, 5) is 59.3. The van der Waals surface area contributed by atoms with Crippen molar-refractivity contribution in [3.63, 3.8) is 0 Å². The zero-order valence-electron chi connectivity index (χ0n) is 18.7. The fourth-order valence-electron chi connectivity index (χ4n) is 4.17. The number of aromatic nitrogens is 3. The van der Waals surface area contributed by atoms with Gasteiger partial charge in [0.2, 0.25) is 23.5 Å². The van der Waals surface area contributed by atoms with Crippen LogP contribution < -0.4 is 5.32 Å². The number of aliphatic hydroxyl groups is 1. The van der Waals surface area contributed by atoms with Crippen LogP contribution in [0.15, 0.2) is 6.33 Å². The van der Waals surface area contributed by atoms with Gasteiger partial charge in [0.15, 0.2) is 0 Å². The van der Waals surface area contributed by atoms with Gasteiger partial charge >= 0.3 is 0 Å². The van der Waals surface area contributed by atoms with Crippen LogP contribution in [0.25, 0.3) is 0 Å². The van der Waals surface area contributed by atoms with E-state index in [2.05, 4.69) is 15.4 Å². The molecule has 1 aromatic heterocycles. The monoisotopic (exact) mass is 449 g/mol. The van der Waals surface area contributed by atoms with Crippen LogP contribution in [-0.4, -0.2) is 110 Å². The van der Waals surface area contributed by atoms with Gasteiger partial charge in [0, 0.05) is 33.7 Å². The van der Waals surface area contributed by atoms with Crippen molar-refractivity contribution in [1.29, 1.82) is 0 Å². The predicted octanol–water partition coefficient (Wildman–Crippen LogP) is -1.63. The van der Waals surface area contributed by atoms with Crippen molar-refractivity contribution in [2.75, 3.05) is 33.2 Å². The van der Waals surface area contributed by atoms with E-state index >= 15 is 0 Å². The number of rotatable bonds is 7. The lowest BCUT2D eigenvalue weighted by atomic mass is 10.1. The molecule has 3 atom stereocenters. The number of nitrogens with zero attached hydrogens (tertiary/aromatic N) is 6. The number of nitrogens with one attached hydrogen (secondary N) is 1. The molecule has 0 bridgehead atoms. The van der Waals surface area contributed by atoms with E-state index in [4.69, 9.17) is 0 Å². The number of carbonyl (C=O) groups is 4. The second-order valence-corrected chi connectivity index (χ2v) is 8.38. The molecule has 12 heteroatoms. The Morgan fingerprint density at radius 1 is 1.22 bits per heavy atom. The van der Waals surface area contributed by atoms with Gasteiger partial charge in [0.05, 0.1) is 12.6 Å². The topological polar surface area (TPSA) is 141 Å². The molecule has 0 saturated carbocycles. The van der Waals surface area contributed by atoms with Crippen LogP contribution in [0.1, 0.15) is 43.2 Å². The molecular weight excluding hydrogens is 418 g/mol. The van der Waals surface area contributed by atoms with Crippen molar-refractivity contribution in [3.8, 4) is 0 Å². The number of carbonyl (C=O) groups excluding carboxylic acids is 4. The fourth-order valence-corrected chi connectivity index (χ4v) is 4.17. The van der Waals surface area contributed by atoms with Gasteiger partial charge in [0.25, 0.3) is 5.91 Å². The van der Waals surface area contributed by atoms with Crippen molar-refractivity contribution in [2.24, 2.45) is 7.05 Å². The number of hydrogen-bond donors (Lipinski definition) is 2. The minimum absolute atomic E-state index is 0.144. The average molecular weight is 450 g/mol. The summed E-state index contributed by atoms with van der Waals surface area (Å²) in [7, 11) is 3.08. The molecule has 3 rings (SSSR count). The Hall–Kier alpha value is -3.02. The molecule has 2 N–H and O–H groups in total.